The number of rotatable bonds is 6. The van der Waals surface area contributed by atoms with Gasteiger partial charge in [-0.1, -0.05) is 53.5 Å². The lowest BCUT2D eigenvalue weighted by Crippen LogP contribution is -2.87. The molecule has 6 heteroatoms. The van der Waals surface area contributed by atoms with Crippen molar-refractivity contribution in [3.8, 4) is 0 Å². The highest BCUT2D eigenvalue weighted by atomic mass is 35.5. The molecule has 0 fully saturated rings. The second-order valence-electron chi connectivity index (χ2n) is 5.28. The van der Waals surface area contributed by atoms with Crippen molar-refractivity contribution in [3.05, 3.63) is 69.5 Å². The molecule has 0 spiro atoms. The Kier molecular flexibility index (Phi) is 6.39. The fraction of sp³-hybridized carbons (Fsp3) is 0.235. The molecule has 2 rings (SSSR count). The first-order chi connectivity index (χ1) is 11.0. The van der Waals surface area contributed by atoms with Crippen molar-refractivity contribution >= 4 is 29.1 Å². The smallest absolute Gasteiger partial charge is 0.275 e. The van der Waals surface area contributed by atoms with Gasteiger partial charge in [-0.15, -0.1) is 0 Å². The first-order valence-electron chi connectivity index (χ1n) is 7.25. The van der Waals surface area contributed by atoms with Crippen LogP contribution in [0, 0.1) is 5.82 Å². The summed E-state index contributed by atoms with van der Waals surface area (Å²) >= 11 is 11.8. The Morgan fingerprint density at radius 2 is 1.91 bits per heavy atom. The lowest BCUT2D eigenvalue weighted by Gasteiger charge is -2.13. The number of quaternary nitrogens is 1. The molecule has 0 aromatic heterocycles. The molecule has 122 valence electrons. The number of hydrogen-bond donors (Lipinski definition) is 2. The van der Waals surface area contributed by atoms with E-state index in [-0.39, 0.29) is 23.5 Å². The molecule has 0 saturated heterocycles. The monoisotopic (exact) mass is 355 g/mol. The number of nitrogens with one attached hydrogen (secondary N) is 1. The van der Waals surface area contributed by atoms with E-state index in [0.717, 1.165) is 5.56 Å². The number of halogens is 3. The molecule has 0 radical (unpaired) electrons. The van der Waals surface area contributed by atoms with Gasteiger partial charge < -0.3 is 10.6 Å². The van der Waals surface area contributed by atoms with E-state index < -0.39 is 5.82 Å². The third kappa shape index (κ3) is 5.20. The van der Waals surface area contributed by atoms with Gasteiger partial charge in [-0.2, -0.15) is 0 Å². The Morgan fingerprint density at radius 3 is 2.61 bits per heavy atom. The van der Waals surface area contributed by atoms with Gasteiger partial charge in [-0.3, -0.25) is 4.79 Å². The van der Waals surface area contributed by atoms with Crippen molar-refractivity contribution < 1.29 is 14.5 Å². The average Bonchev–Trinajstić information content (AvgIpc) is 2.55. The SMILES string of the molecule is C[C@@H]([NH2+]CC(=O)NCc1ccccc1)c1cc(F)c(Cl)cc1Cl. The van der Waals surface area contributed by atoms with Gasteiger partial charge >= 0.3 is 0 Å². The topological polar surface area (TPSA) is 45.7 Å². The van der Waals surface area contributed by atoms with Gasteiger partial charge in [-0.25, -0.2) is 4.39 Å². The molecule has 1 atom stereocenters. The summed E-state index contributed by atoms with van der Waals surface area (Å²) in [5.74, 6) is -0.605. The third-order valence-electron chi connectivity index (χ3n) is 3.52. The molecular weight excluding hydrogens is 338 g/mol. The normalized spacial score (nSPS) is 12.0. The van der Waals surface area contributed by atoms with Gasteiger partial charge in [0.25, 0.3) is 5.91 Å². The number of nitrogens with two attached hydrogens (primary N) is 1. The van der Waals surface area contributed by atoms with Crippen LogP contribution in [0.5, 0.6) is 0 Å². The second-order valence-corrected chi connectivity index (χ2v) is 6.09. The summed E-state index contributed by atoms with van der Waals surface area (Å²) in [7, 11) is 0. The molecule has 1 amide bonds. The predicted octanol–water partition coefficient (Wildman–Crippen LogP) is 3.07. The van der Waals surface area contributed by atoms with Crippen molar-refractivity contribution in [2.24, 2.45) is 0 Å². The van der Waals surface area contributed by atoms with Gasteiger partial charge in [0.1, 0.15) is 11.9 Å². The zero-order valence-corrected chi connectivity index (χ0v) is 14.2. The summed E-state index contributed by atoms with van der Waals surface area (Å²) in [5.41, 5.74) is 1.65. The average molecular weight is 356 g/mol. The maximum atomic E-state index is 13.5. The minimum absolute atomic E-state index is 0.00782. The Morgan fingerprint density at radius 1 is 1.22 bits per heavy atom. The van der Waals surface area contributed by atoms with E-state index >= 15 is 0 Å². The van der Waals surface area contributed by atoms with Crippen molar-refractivity contribution in [1.82, 2.24) is 5.32 Å². The number of hydrogen-bond acceptors (Lipinski definition) is 1. The lowest BCUT2D eigenvalue weighted by atomic mass is 10.1. The summed E-state index contributed by atoms with van der Waals surface area (Å²) < 4.78 is 13.5. The first kappa shape index (κ1) is 17.7. The van der Waals surface area contributed by atoms with E-state index in [0.29, 0.717) is 17.1 Å². The van der Waals surface area contributed by atoms with E-state index in [1.165, 1.54) is 12.1 Å². The van der Waals surface area contributed by atoms with Gasteiger partial charge in [0.2, 0.25) is 0 Å². The van der Waals surface area contributed by atoms with E-state index in [9.17, 15) is 9.18 Å². The summed E-state index contributed by atoms with van der Waals surface area (Å²) in [4.78, 5) is 11.9. The molecule has 0 saturated carbocycles. The van der Waals surface area contributed by atoms with Crippen LogP contribution in [0.15, 0.2) is 42.5 Å². The highest BCUT2D eigenvalue weighted by Crippen LogP contribution is 2.27. The number of carbonyl (C=O) groups is 1. The maximum absolute atomic E-state index is 13.5. The molecular formula is C17H18Cl2FN2O+. The molecule has 0 aliphatic rings. The molecule has 0 bridgehead atoms. The Balaban J connectivity index is 1.85. The van der Waals surface area contributed by atoms with Crippen molar-refractivity contribution in [1.29, 1.82) is 0 Å². The van der Waals surface area contributed by atoms with Crippen LogP contribution in [0.4, 0.5) is 4.39 Å². The van der Waals surface area contributed by atoms with Crippen LogP contribution >= 0.6 is 23.2 Å². The van der Waals surface area contributed by atoms with Crippen molar-refractivity contribution in [3.63, 3.8) is 0 Å². The highest BCUT2D eigenvalue weighted by Gasteiger charge is 2.17. The molecule has 3 nitrogen and oxygen atoms in total. The van der Waals surface area contributed by atoms with Crippen LogP contribution in [0.1, 0.15) is 24.1 Å². The van der Waals surface area contributed by atoms with Crippen LogP contribution in [-0.2, 0) is 11.3 Å². The molecule has 2 aromatic carbocycles. The molecule has 0 aliphatic heterocycles. The van der Waals surface area contributed by atoms with Gasteiger partial charge in [0, 0.05) is 12.1 Å². The fourth-order valence-electron chi connectivity index (χ4n) is 2.17. The van der Waals surface area contributed by atoms with Gasteiger partial charge in [0.05, 0.1) is 10.0 Å². The summed E-state index contributed by atoms with van der Waals surface area (Å²) in [6.07, 6.45) is 0. The number of benzene rings is 2. The second kappa shape index (κ2) is 8.29. The van der Waals surface area contributed by atoms with E-state index in [4.69, 9.17) is 23.2 Å². The summed E-state index contributed by atoms with van der Waals surface area (Å²) in [5, 5.41) is 5.03. The lowest BCUT2D eigenvalue weighted by molar-refractivity contribution is -0.682. The van der Waals surface area contributed by atoms with Crippen molar-refractivity contribution in [2.75, 3.05) is 6.54 Å². The molecule has 23 heavy (non-hydrogen) atoms. The zero-order chi connectivity index (χ0) is 16.8. The molecule has 2 aromatic rings. The summed E-state index contributed by atoms with van der Waals surface area (Å²) in [6.45, 7) is 2.58. The predicted molar refractivity (Wildman–Crippen MR) is 89.9 cm³/mol. The summed E-state index contributed by atoms with van der Waals surface area (Å²) in [6, 6.07) is 12.2. The zero-order valence-electron chi connectivity index (χ0n) is 12.7. The van der Waals surface area contributed by atoms with Gasteiger partial charge in [0.15, 0.2) is 6.54 Å². The molecule has 3 N–H and O–H groups in total. The molecule has 0 heterocycles. The van der Waals surface area contributed by atoms with Crippen molar-refractivity contribution in [2.45, 2.75) is 19.5 Å². The fourth-order valence-corrected chi connectivity index (χ4v) is 2.72. The quantitative estimate of drug-likeness (QED) is 0.768. The van der Waals surface area contributed by atoms with E-state index in [1.807, 2.05) is 37.3 Å². The molecule has 0 unspecified atom stereocenters. The maximum Gasteiger partial charge on any atom is 0.275 e. The van der Waals surface area contributed by atoms with Crippen LogP contribution < -0.4 is 10.6 Å². The minimum Gasteiger partial charge on any atom is -0.347 e. The van der Waals surface area contributed by atoms with Crippen LogP contribution in [0.25, 0.3) is 0 Å². The number of amides is 1. The highest BCUT2D eigenvalue weighted by molar-refractivity contribution is 6.35. The Bertz CT molecular complexity index is 680. The number of carbonyl (C=O) groups excluding carboxylic acids is 1. The standard InChI is InChI=1S/C17H17Cl2FN2O/c1-11(13-7-16(20)15(19)8-14(13)18)21-10-17(23)22-9-12-5-3-2-4-6-12/h2-8,11,21H,9-10H2,1H3,(H,22,23)/p+1/t11-/m1/s1. The Labute approximate surface area is 144 Å². The molecule has 0 aliphatic carbocycles. The first-order valence-corrected chi connectivity index (χ1v) is 8.01. The van der Waals surface area contributed by atoms with Crippen LogP contribution in [0.2, 0.25) is 10.0 Å². The Hall–Kier alpha value is -1.62. The van der Waals surface area contributed by atoms with E-state index in [2.05, 4.69) is 5.32 Å². The largest absolute Gasteiger partial charge is 0.347 e. The van der Waals surface area contributed by atoms with Gasteiger partial charge in [-0.05, 0) is 24.6 Å². The van der Waals surface area contributed by atoms with Crippen LogP contribution in [-0.4, -0.2) is 12.5 Å². The minimum atomic E-state index is -0.514. The van der Waals surface area contributed by atoms with E-state index in [1.54, 1.807) is 5.32 Å². The van der Waals surface area contributed by atoms with Crippen LogP contribution in [0.3, 0.4) is 0 Å². The third-order valence-corrected chi connectivity index (χ3v) is 4.14.